The number of anilines is 1. The van der Waals surface area contributed by atoms with Gasteiger partial charge in [-0.1, -0.05) is 37.5 Å². The number of fused-ring (bicyclic) bond motifs is 1. The van der Waals surface area contributed by atoms with Crippen molar-refractivity contribution in [3.8, 4) is 5.75 Å². The Hall–Kier alpha value is -3.35. The van der Waals surface area contributed by atoms with Crippen molar-refractivity contribution in [2.45, 2.75) is 37.5 Å². The number of nitrogens with one attached hydrogen (secondary N) is 2. The molecule has 0 saturated heterocycles. The second-order valence-electron chi connectivity index (χ2n) is 8.22. The molecule has 7 heteroatoms. The summed E-state index contributed by atoms with van der Waals surface area (Å²) in [5, 5.41) is 10.7. The standard InChI is InChI=1S/C24H28N4O3/c1-28(16-22(29)26-20-7-6-8-21-19(20)15-25-27-21)23(30)24(13-4-3-5-14-24)17-9-11-18(31-2)12-10-17/h6-12,15H,3-5,13-14,16H2,1-2H3,(H,25,27)(H,26,29). The lowest BCUT2D eigenvalue weighted by molar-refractivity contribution is -0.139. The van der Waals surface area contributed by atoms with Crippen molar-refractivity contribution >= 4 is 28.4 Å². The summed E-state index contributed by atoms with van der Waals surface area (Å²) in [4.78, 5) is 27.9. The van der Waals surface area contributed by atoms with Gasteiger partial charge in [0, 0.05) is 12.4 Å². The molecule has 0 spiro atoms. The zero-order valence-electron chi connectivity index (χ0n) is 18.0. The van der Waals surface area contributed by atoms with Gasteiger partial charge in [-0.25, -0.2) is 0 Å². The van der Waals surface area contributed by atoms with E-state index in [0.717, 1.165) is 54.3 Å². The number of hydrogen-bond acceptors (Lipinski definition) is 4. The lowest BCUT2D eigenvalue weighted by Crippen LogP contribution is -2.48. The highest BCUT2D eigenvalue weighted by Gasteiger charge is 2.43. The van der Waals surface area contributed by atoms with Gasteiger partial charge in [0.25, 0.3) is 0 Å². The van der Waals surface area contributed by atoms with Crippen LogP contribution in [0.25, 0.3) is 10.9 Å². The number of carbonyl (C=O) groups is 2. The van der Waals surface area contributed by atoms with Crippen LogP contribution in [0.15, 0.2) is 48.7 Å². The van der Waals surface area contributed by atoms with E-state index in [0.29, 0.717) is 5.69 Å². The minimum atomic E-state index is -0.593. The highest BCUT2D eigenvalue weighted by Crippen LogP contribution is 2.41. The Morgan fingerprint density at radius 1 is 1.13 bits per heavy atom. The molecule has 1 fully saturated rings. The van der Waals surface area contributed by atoms with Gasteiger partial charge in [0.2, 0.25) is 11.8 Å². The second kappa shape index (κ2) is 8.79. The van der Waals surface area contributed by atoms with Gasteiger partial charge >= 0.3 is 0 Å². The van der Waals surface area contributed by atoms with Gasteiger partial charge in [0.05, 0.1) is 36.5 Å². The third-order valence-corrected chi connectivity index (χ3v) is 6.25. The molecule has 7 nitrogen and oxygen atoms in total. The van der Waals surface area contributed by atoms with Gasteiger partial charge in [0.15, 0.2) is 0 Å². The van der Waals surface area contributed by atoms with E-state index < -0.39 is 5.41 Å². The monoisotopic (exact) mass is 420 g/mol. The molecule has 4 rings (SSSR count). The number of nitrogens with zero attached hydrogens (tertiary/aromatic N) is 2. The van der Waals surface area contributed by atoms with Gasteiger partial charge in [-0.2, -0.15) is 5.10 Å². The number of carbonyl (C=O) groups excluding carboxylic acids is 2. The normalized spacial score (nSPS) is 15.4. The number of hydrogen-bond donors (Lipinski definition) is 2. The van der Waals surface area contributed by atoms with Crippen LogP contribution in [0, 0.1) is 0 Å². The van der Waals surface area contributed by atoms with Crippen molar-refractivity contribution in [2.75, 3.05) is 26.0 Å². The molecule has 2 N–H and O–H groups in total. The largest absolute Gasteiger partial charge is 0.497 e. The molecule has 162 valence electrons. The van der Waals surface area contributed by atoms with Crippen molar-refractivity contribution < 1.29 is 14.3 Å². The van der Waals surface area contributed by atoms with Gasteiger partial charge in [-0.15, -0.1) is 0 Å². The summed E-state index contributed by atoms with van der Waals surface area (Å²) in [6, 6.07) is 13.3. The predicted molar refractivity (Wildman–Crippen MR) is 120 cm³/mol. The van der Waals surface area contributed by atoms with Gasteiger partial charge < -0.3 is 15.0 Å². The summed E-state index contributed by atoms with van der Waals surface area (Å²) in [7, 11) is 3.34. The number of rotatable bonds is 6. The second-order valence-corrected chi connectivity index (χ2v) is 8.22. The van der Waals surface area contributed by atoms with Crippen LogP contribution in [0.4, 0.5) is 5.69 Å². The van der Waals surface area contributed by atoms with Crippen LogP contribution in [0.2, 0.25) is 0 Å². The third kappa shape index (κ3) is 4.13. The van der Waals surface area contributed by atoms with Crippen LogP contribution in [0.3, 0.4) is 0 Å². The van der Waals surface area contributed by atoms with Crippen molar-refractivity contribution in [1.82, 2.24) is 15.1 Å². The number of ether oxygens (including phenoxy) is 1. The van der Waals surface area contributed by atoms with Crippen LogP contribution in [-0.4, -0.2) is 47.6 Å². The van der Waals surface area contributed by atoms with E-state index in [1.807, 2.05) is 42.5 Å². The molecule has 3 aromatic rings. The quantitative estimate of drug-likeness (QED) is 0.634. The first-order valence-corrected chi connectivity index (χ1v) is 10.7. The van der Waals surface area contributed by atoms with Gasteiger partial charge in [-0.05, 0) is 42.7 Å². The van der Waals surface area contributed by atoms with E-state index in [2.05, 4.69) is 15.5 Å². The number of likely N-dealkylation sites (N-methyl/N-ethyl adjacent to an activating group) is 1. The molecule has 2 amide bonds. The third-order valence-electron chi connectivity index (χ3n) is 6.25. The molecule has 31 heavy (non-hydrogen) atoms. The Morgan fingerprint density at radius 2 is 1.87 bits per heavy atom. The maximum atomic E-state index is 13.6. The summed E-state index contributed by atoms with van der Waals surface area (Å²) >= 11 is 0. The zero-order valence-corrected chi connectivity index (χ0v) is 18.0. The summed E-state index contributed by atoms with van der Waals surface area (Å²) in [6.45, 7) is -0.00895. The van der Waals surface area contributed by atoms with Crippen LogP contribution < -0.4 is 10.1 Å². The summed E-state index contributed by atoms with van der Waals surface area (Å²) in [5.74, 6) is 0.530. The minimum Gasteiger partial charge on any atom is -0.497 e. The Morgan fingerprint density at radius 3 is 2.58 bits per heavy atom. The number of aromatic nitrogens is 2. The molecule has 0 aliphatic heterocycles. The van der Waals surface area contributed by atoms with Crippen molar-refractivity contribution in [3.63, 3.8) is 0 Å². The average Bonchev–Trinajstić information content (AvgIpc) is 3.29. The number of H-pyrrole nitrogens is 1. The molecule has 1 aliphatic rings. The molecule has 0 radical (unpaired) electrons. The van der Waals surface area contributed by atoms with Crippen molar-refractivity contribution in [1.29, 1.82) is 0 Å². The Bertz CT molecular complexity index is 1070. The first-order chi connectivity index (χ1) is 15.0. The molecule has 1 aromatic heterocycles. The van der Waals surface area contributed by atoms with E-state index in [1.165, 1.54) is 0 Å². The maximum Gasteiger partial charge on any atom is 0.244 e. The van der Waals surface area contributed by atoms with Crippen molar-refractivity contribution in [3.05, 3.63) is 54.2 Å². The number of methoxy groups -OCH3 is 1. The van der Waals surface area contributed by atoms with Gasteiger partial charge in [-0.3, -0.25) is 14.7 Å². The molecule has 0 atom stereocenters. The highest BCUT2D eigenvalue weighted by molar-refractivity contribution is 6.02. The van der Waals surface area contributed by atoms with E-state index in [4.69, 9.17) is 4.74 Å². The van der Waals surface area contributed by atoms with Crippen LogP contribution in [0.1, 0.15) is 37.7 Å². The number of amides is 2. The molecular weight excluding hydrogens is 392 g/mol. The maximum absolute atomic E-state index is 13.6. The van der Waals surface area contributed by atoms with E-state index in [9.17, 15) is 9.59 Å². The predicted octanol–water partition coefficient (Wildman–Crippen LogP) is 3.87. The molecule has 1 aliphatic carbocycles. The molecule has 1 saturated carbocycles. The average molecular weight is 421 g/mol. The zero-order chi connectivity index (χ0) is 21.8. The Balaban J connectivity index is 1.51. The Labute approximate surface area is 181 Å². The smallest absolute Gasteiger partial charge is 0.244 e. The van der Waals surface area contributed by atoms with Gasteiger partial charge in [0.1, 0.15) is 5.75 Å². The van der Waals surface area contributed by atoms with E-state index in [1.54, 1.807) is 25.3 Å². The van der Waals surface area contributed by atoms with E-state index in [-0.39, 0.29) is 18.4 Å². The lowest BCUT2D eigenvalue weighted by Gasteiger charge is -2.39. The SMILES string of the molecule is COc1ccc(C2(C(=O)N(C)CC(=O)Nc3cccc4[nH]ncc34)CCCCC2)cc1. The van der Waals surface area contributed by atoms with E-state index >= 15 is 0 Å². The topological polar surface area (TPSA) is 87.3 Å². The molecule has 0 unspecified atom stereocenters. The highest BCUT2D eigenvalue weighted by atomic mass is 16.5. The number of benzene rings is 2. The summed E-state index contributed by atoms with van der Waals surface area (Å²) in [6.07, 6.45) is 6.39. The first-order valence-electron chi connectivity index (χ1n) is 10.7. The van der Waals surface area contributed by atoms with Crippen LogP contribution >= 0.6 is 0 Å². The molecule has 2 aromatic carbocycles. The number of aromatic amines is 1. The summed E-state index contributed by atoms with van der Waals surface area (Å²) in [5.41, 5.74) is 1.93. The molecular formula is C24H28N4O3. The lowest BCUT2D eigenvalue weighted by atomic mass is 9.68. The fourth-order valence-corrected chi connectivity index (χ4v) is 4.61. The molecule has 1 heterocycles. The van der Waals surface area contributed by atoms with Crippen molar-refractivity contribution in [2.24, 2.45) is 0 Å². The Kier molecular flexibility index (Phi) is 5.93. The first kappa shape index (κ1) is 20.9. The van der Waals surface area contributed by atoms with Crippen LogP contribution in [0.5, 0.6) is 5.75 Å². The summed E-state index contributed by atoms with van der Waals surface area (Å²) < 4.78 is 5.28. The van der Waals surface area contributed by atoms with Crippen LogP contribution in [-0.2, 0) is 15.0 Å². The fourth-order valence-electron chi connectivity index (χ4n) is 4.61. The molecule has 0 bridgehead atoms. The minimum absolute atomic E-state index is 0.00552. The fraction of sp³-hybridized carbons (Fsp3) is 0.375.